The van der Waals surface area contributed by atoms with Crippen LogP contribution in [0, 0.1) is 0 Å². The smallest absolute Gasteiger partial charge is 0.341 e. The highest BCUT2D eigenvalue weighted by Gasteiger charge is 2.19. The van der Waals surface area contributed by atoms with Gasteiger partial charge in [0.25, 0.3) is 0 Å². The van der Waals surface area contributed by atoms with Crippen molar-refractivity contribution in [2.45, 2.75) is 22.3 Å². The highest BCUT2D eigenvalue weighted by molar-refractivity contribution is 7.91. The number of hydrogen-bond acceptors (Lipinski definition) is 7. The van der Waals surface area contributed by atoms with E-state index in [0.29, 0.717) is 24.5 Å². The summed E-state index contributed by atoms with van der Waals surface area (Å²) in [4.78, 5) is 15.5. The number of carboxylic acid groups (broad SMARTS) is 1. The molecule has 0 saturated heterocycles. The molecule has 3 N–H and O–H groups in total. The Morgan fingerprint density at radius 3 is 2.38 bits per heavy atom. The Balaban J connectivity index is 0.00000280. The van der Waals surface area contributed by atoms with Gasteiger partial charge in [0, 0.05) is 17.8 Å². The van der Waals surface area contributed by atoms with Crippen molar-refractivity contribution in [1.82, 2.24) is 10.3 Å². The fourth-order valence-corrected chi connectivity index (χ4v) is 5.22. The van der Waals surface area contributed by atoms with Crippen LogP contribution in [0.4, 0.5) is 0 Å². The first-order valence-electron chi connectivity index (χ1n) is 11.7. The predicted molar refractivity (Wildman–Crippen MR) is 157 cm³/mol. The van der Waals surface area contributed by atoms with Crippen molar-refractivity contribution >= 4 is 52.2 Å². The zero-order valence-corrected chi connectivity index (χ0v) is 24.1. The molecule has 0 aliphatic carbocycles. The van der Waals surface area contributed by atoms with Gasteiger partial charge in [-0.3, -0.25) is 0 Å². The monoisotopic (exact) mass is 624 g/mol. The minimum atomic E-state index is -3.84. The van der Waals surface area contributed by atoms with E-state index in [9.17, 15) is 23.4 Å². The van der Waals surface area contributed by atoms with Crippen LogP contribution in [0.5, 0.6) is 11.6 Å². The first-order chi connectivity index (χ1) is 18.2. The van der Waals surface area contributed by atoms with E-state index in [1.54, 1.807) is 42.5 Å². The van der Waals surface area contributed by atoms with Gasteiger partial charge in [0.15, 0.2) is 0 Å². The molecule has 4 aromatic rings. The van der Waals surface area contributed by atoms with E-state index in [1.165, 1.54) is 42.6 Å². The molecule has 1 atom stereocenters. The summed E-state index contributed by atoms with van der Waals surface area (Å²) in [7, 11) is -3.84. The molecule has 0 fully saturated rings. The number of aliphatic hydroxyl groups is 1. The fourth-order valence-electron chi connectivity index (χ4n) is 3.73. The van der Waals surface area contributed by atoms with E-state index in [1.807, 2.05) is 6.07 Å². The van der Waals surface area contributed by atoms with Crippen LogP contribution >= 0.6 is 36.4 Å². The Morgan fingerprint density at radius 2 is 1.68 bits per heavy atom. The number of sulfone groups is 1. The van der Waals surface area contributed by atoms with Gasteiger partial charge in [-0.2, -0.15) is 0 Å². The molecular formula is C28H27Cl3N2O6S. The number of hydrogen-bond donors (Lipinski definition) is 3. The van der Waals surface area contributed by atoms with Crippen molar-refractivity contribution in [2.24, 2.45) is 0 Å². The largest absolute Gasteiger partial charge is 0.477 e. The Kier molecular flexibility index (Phi) is 12.4. The van der Waals surface area contributed by atoms with Crippen LogP contribution < -0.4 is 10.1 Å². The Morgan fingerprint density at radius 1 is 0.950 bits per heavy atom. The standard InChI is InChI=1S/C28H25ClN2O6S.2ClH/c29-21-5-1-4-20(16-21)26(32)18-30-15-13-19-9-11-23(12-10-19)38(35,36)24-7-2-6-22(17-24)37-27-25(28(33)34)8-3-14-31-27;;/h1-12,14,16-17,26,30,32H,13,15,18H2,(H,33,34);2*1H/t26-;;/m0../s1. The third-order valence-electron chi connectivity index (χ3n) is 5.73. The number of ether oxygens (including phenoxy) is 1. The van der Waals surface area contributed by atoms with Gasteiger partial charge in [-0.05, 0) is 78.7 Å². The molecule has 3 aromatic carbocycles. The molecule has 8 nitrogen and oxygen atoms in total. The third-order valence-corrected chi connectivity index (χ3v) is 7.73. The molecule has 0 bridgehead atoms. The minimum Gasteiger partial charge on any atom is -0.477 e. The maximum Gasteiger partial charge on any atom is 0.341 e. The molecule has 0 spiro atoms. The van der Waals surface area contributed by atoms with Gasteiger partial charge in [0.05, 0.1) is 15.9 Å². The van der Waals surface area contributed by atoms with Crippen LogP contribution in [0.15, 0.2) is 101 Å². The van der Waals surface area contributed by atoms with Crippen molar-refractivity contribution in [3.05, 3.63) is 113 Å². The highest BCUT2D eigenvalue weighted by Crippen LogP contribution is 2.28. The summed E-state index contributed by atoms with van der Waals surface area (Å²) in [6, 6.07) is 22.3. The highest BCUT2D eigenvalue weighted by atomic mass is 35.5. The predicted octanol–water partition coefficient (Wildman–Crippen LogP) is 5.77. The molecule has 1 heterocycles. The second-order valence-electron chi connectivity index (χ2n) is 8.41. The van der Waals surface area contributed by atoms with Crippen molar-refractivity contribution in [1.29, 1.82) is 0 Å². The summed E-state index contributed by atoms with van der Waals surface area (Å²) >= 11 is 5.97. The second kappa shape index (κ2) is 15.0. The Labute approximate surface area is 249 Å². The van der Waals surface area contributed by atoms with Crippen molar-refractivity contribution < 1.29 is 28.2 Å². The van der Waals surface area contributed by atoms with E-state index in [0.717, 1.165) is 11.1 Å². The molecule has 0 amide bonds. The molecule has 40 heavy (non-hydrogen) atoms. The molecule has 0 aliphatic heterocycles. The zero-order valence-electron chi connectivity index (χ0n) is 20.9. The van der Waals surface area contributed by atoms with Crippen molar-refractivity contribution in [3.8, 4) is 11.6 Å². The van der Waals surface area contributed by atoms with E-state index in [-0.39, 0.29) is 51.8 Å². The number of aromatic carboxylic acids is 1. The van der Waals surface area contributed by atoms with Crippen molar-refractivity contribution in [3.63, 3.8) is 0 Å². The molecule has 0 saturated carbocycles. The van der Waals surface area contributed by atoms with E-state index in [4.69, 9.17) is 16.3 Å². The number of carboxylic acids is 1. The molecular weight excluding hydrogens is 599 g/mol. The number of nitrogens with one attached hydrogen (secondary N) is 1. The van der Waals surface area contributed by atoms with Crippen molar-refractivity contribution in [2.75, 3.05) is 13.1 Å². The van der Waals surface area contributed by atoms with Gasteiger partial charge in [0.1, 0.15) is 11.3 Å². The van der Waals surface area contributed by atoms with Gasteiger partial charge in [-0.15, -0.1) is 24.8 Å². The van der Waals surface area contributed by atoms with Gasteiger partial charge in [0.2, 0.25) is 15.7 Å². The van der Waals surface area contributed by atoms with Gasteiger partial charge < -0.3 is 20.3 Å². The number of rotatable bonds is 11. The Hall–Kier alpha value is -3.18. The lowest BCUT2D eigenvalue weighted by Crippen LogP contribution is -2.23. The average molecular weight is 626 g/mol. The molecule has 0 aliphatic rings. The maximum atomic E-state index is 13.2. The molecule has 1 aromatic heterocycles. The molecule has 0 radical (unpaired) electrons. The first-order valence-corrected chi connectivity index (χ1v) is 13.5. The average Bonchev–Trinajstić information content (AvgIpc) is 2.91. The van der Waals surface area contributed by atoms with Crippen LogP contribution in [-0.2, 0) is 16.3 Å². The van der Waals surface area contributed by atoms with Gasteiger partial charge in [-0.1, -0.05) is 41.9 Å². The summed E-state index contributed by atoms with van der Waals surface area (Å²) in [5.41, 5.74) is 1.53. The topological polar surface area (TPSA) is 126 Å². The number of aliphatic hydroxyl groups excluding tert-OH is 1. The van der Waals surface area contributed by atoms with Crippen LogP contribution in [0.2, 0.25) is 5.02 Å². The van der Waals surface area contributed by atoms with Crippen LogP contribution in [-0.4, -0.2) is 42.7 Å². The number of halogens is 3. The van der Waals surface area contributed by atoms with E-state index >= 15 is 0 Å². The third kappa shape index (κ3) is 8.41. The van der Waals surface area contributed by atoms with E-state index < -0.39 is 21.9 Å². The SMILES string of the molecule is Cl.Cl.O=C(O)c1cccnc1Oc1cccc(S(=O)(=O)c2ccc(CCNC[C@H](O)c3cccc(Cl)c3)cc2)c1. The number of carbonyl (C=O) groups is 1. The fraction of sp³-hybridized carbons (Fsp3) is 0.143. The van der Waals surface area contributed by atoms with Gasteiger partial charge >= 0.3 is 5.97 Å². The lowest BCUT2D eigenvalue weighted by atomic mass is 10.1. The lowest BCUT2D eigenvalue weighted by molar-refractivity contribution is 0.0693. The zero-order chi connectivity index (χ0) is 27.1. The van der Waals surface area contributed by atoms with Crippen LogP contribution in [0.25, 0.3) is 0 Å². The summed E-state index contributed by atoms with van der Waals surface area (Å²) in [6.07, 6.45) is 1.34. The summed E-state index contributed by atoms with van der Waals surface area (Å²) < 4.78 is 32.0. The minimum absolute atomic E-state index is 0. The molecule has 4 rings (SSSR count). The normalized spacial score (nSPS) is 11.6. The number of aromatic nitrogens is 1. The first kappa shape index (κ1) is 33.0. The van der Waals surface area contributed by atoms with Crippen LogP contribution in [0.1, 0.15) is 27.6 Å². The van der Waals surface area contributed by atoms with Gasteiger partial charge in [-0.25, -0.2) is 18.2 Å². The quantitative estimate of drug-likeness (QED) is 0.180. The lowest BCUT2D eigenvalue weighted by Gasteiger charge is -2.13. The summed E-state index contributed by atoms with van der Waals surface area (Å²) in [5, 5.41) is 23.4. The molecule has 0 unspecified atom stereocenters. The molecule has 212 valence electrons. The summed E-state index contributed by atoms with van der Waals surface area (Å²) in [6.45, 7) is 0.951. The van der Waals surface area contributed by atoms with Crippen LogP contribution in [0.3, 0.4) is 0 Å². The molecule has 12 heteroatoms. The maximum absolute atomic E-state index is 13.2. The van der Waals surface area contributed by atoms with E-state index in [2.05, 4.69) is 10.3 Å². The number of nitrogens with zero attached hydrogens (tertiary/aromatic N) is 1. The number of benzene rings is 3. The summed E-state index contributed by atoms with van der Waals surface area (Å²) in [5.74, 6) is -1.19. The Bertz CT molecular complexity index is 1540. The number of pyridine rings is 1. The second-order valence-corrected chi connectivity index (χ2v) is 10.8.